The van der Waals surface area contributed by atoms with E-state index in [2.05, 4.69) is 110 Å². The first kappa shape index (κ1) is 51.3. The lowest BCUT2D eigenvalue weighted by Gasteiger charge is -2.00. The number of hydrogen-bond acceptors (Lipinski definition) is 2. The summed E-state index contributed by atoms with van der Waals surface area (Å²) in [5.74, 6) is -0.975. The van der Waals surface area contributed by atoms with E-state index in [0.29, 0.717) is 12.0 Å². The van der Waals surface area contributed by atoms with Crippen LogP contribution in [0.25, 0.3) is 0 Å². The van der Waals surface area contributed by atoms with Crippen molar-refractivity contribution in [1.82, 2.24) is 4.90 Å². The maximum absolute atomic E-state index is 12.6. The summed E-state index contributed by atoms with van der Waals surface area (Å²) in [7, 11) is 4.11. The molecule has 3 aromatic carbocycles. The summed E-state index contributed by atoms with van der Waals surface area (Å²) in [6.07, 6.45) is 10.1. The Morgan fingerprint density at radius 2 is 1.18 bits per heavy atom. The molecule has 2 N–H and O–H groups in total. The van der Waals surface area contributed by atoms with E-state index in [-0.39, 0.29) is 0 Å². The fourth-order valence-corrected chi connectivity index (χ4v) is 2.50. The number of halogens is 2. The lowest BCUT2D eigenvalue weighted by atomic mass is 10.1. The van der Waals surface area contributed by atoms with Crippen molar-refractivity contribution in [3.63, 3.8) is 0 Å². The van der Waals surface area contributed by atoms with Crippen LogP contribution in [0.1, 0.15) is 105 Å². The zero-order valence-electron chi connectivity index (χ0n) is 31.2. The fraction of sp³-hybridized carbons (Fsp3) is 0.463. The van der Waals surface area contributed by atoms with Crippen LogP contribution in [0.5, 0.6) is 0 Å². The lowest BCUT2D eigenvalue weighted by molar-refractivity contribution is 0.434. The molecule has 45 heavy (non-hydrogen) atoms. The number of hydrogen-bond donors (Lipinski definition) is 1. The highest BCUT2D eigenvalue weighted by molar-refractivity contribution is 5.39. The Morgan fingerprint density at radius 1 is 0.733 bits per heavy atom. The minimum atomic E-state index is -0.519. The van der Waals surface area contributed by atoms with Crippen molar-refractivity contribution in [1.29, 1.82) is 0 Å². The SMILES string of the molecule is C=CC.C=CCC.CC.CCC.CCCc1ccc(N)cc1.CCN(C)C.CCc1ccc(F)cc1F.CCc1ccccc1. The zero-order valence-corrected chi connectivity index (χ0v) is 31.2. The Labute approximate surface area is 279 Å². The molecule has 0 spiro atoms. The first-order chi connectivity index (χ1) is 21.5. The summed E-state index contributed by atoms with van der Waals surface area (Å²) in [4.78, 5) is 2.12. The molecule has 0 fully saturated rings. The number of allylic oxidation sites excluding steroid dienone is 2. The van der Waals surface area contributed by atoms with Gasteiger partial charge in [0.15, 0.2) is 0 Å². The van der Waals surface area contributed by atoms with Crippen LogP contribution in [-0.4, -0.2) is 25.5 Å². The van der Waals surface area contributed by atoms with Gasteiger partial charge in [0.05, 0.1) is 0 Å². The van der Waals surface area contributed by atoms with Gasteiger partial charge in [0.1, 0.15) is 11.6 Å². The molecule has 0 saturated heterocycles. The molecule has 0 aromatic heterocycles. The van der Waals surface area contributed by atoms with Gasteiger partial charge in [-0.25, -0.2) is 8.78 Å². The van der Waals surface area contributed by atoms with E-state index < -0.39 is 11.6 Å². The van der Waals surface area contributed by atoms with Gasteiger partial charge in [-0.2, -0.15) is 0 Å². The Morgan fingerprint density at radius 3 is 1.47 bits per heavy atom. The third kappa shape index (κ3) is 42.9. The maximum atomic E-state index is 12.6. The Hall–Kier alpha value is -3.24. The summed E-state index contributed by atoms with van der Waals surface area (Å²) in [6, 6.07) is 22.1. The molecule has 0 atom stereocenters. The van der Waals surface area contributed by atoms with Gasteiger partial charge in [-0.3, -0.25) is 0 Å². The van der Waals surface area contributed by atoms with E-state index in [1.807, 2.05) is 52.0 Å². The predicted molar refractivity (Wildman–Crippen MR) is 204 cm³/mol. The highest BCUT2D eigenvalue weighted by Gasteiger charge is 1.99. The minimum Gasteiger partial charge on any atom is -0.399 e. The van der Waals surface area contributed by atoms with Gasteiger partial charge in [-0.15, -0.1) is 13.2 Å². The number of nitrogen functional groups attached to an aromatic ring is 1. The van der Waals surface area contributed by atoms with E-state index in [1.165, 1.54) is 36.1 Å². The fourth-order valence-electron chi connectivity index (χ4n) is 2.50. The largest absolute Gasteiger partial charge is 0.399 e. The van der Waals surface area contributed by atoms with Crippen LogP contribution in [-0.2, 0) is 19.3 Å². The molecule has 0 radical (unpaired) electrons. The Balaban J connectivity index is -0.000000144. The molecule has 0 amide bonds. The second kappa shape index (κ2) is 42.9. The van der Waals surface area contributed by atoms with E-state index in [9.17, 15) is 8.78 Å². The summed E-state index contributed by atoms with van der Waals surface area (Å²) >= 11 is 0. The van der Waals surface area contributed by atoms with Crippen molar-refractivity contribution in [2.45, 2.75) is 108 Å². The topological polar surface area (TPSA) is 29.3 Å². The molecule has 0 aliphatic rings. The summed E-state index contributed by atoms with van der Waals surface area (Å²) in [5, 5.41) is 0. The second-order valence-corrected chi connectivity index (χ2v) is 9.63. The second-order valence-electron chi connectivity index (χ2n) is 9.63. The van der Waals surface area contributed by atoms with Gasteiger partial charge in [0, 0.05) is 11.8 Å². The van der Waals surface area contributed by atoms with Crippen LogP contribution in [0.2, 0.25) is 0 Å². The highest BCUT2D eigenvalue weighted by Crippen LogP contribution is 2.09. The Bertz CT molecular complexity index is 969. The molecule has 258 valence electrons. The lowest BCUT2D eigenvalue weighted by Crippen LogP contribution is -2.08. The summed E-state index contributed by atoms with van der Waals surface area (Å²) < 4.78 is 24.9. The average molecular weight is 629 g/mol. The molecule has 2 nitrogen and oxygen atoms in total. The number of benzene rings is 3. The van der Waals surface area contributed by atoms with Crippen LogP contribution in [0.3, 0.4) is 0 Å². The van der Waals surface area contributed by atoms with Gasteiger partial charge in [0.25, 0.3) is 0 Å². The first-order valence-corrected chi connectivity index (χ1v) is 16.7. The molecule has 4 heteroatoms. The third-order valence-electron chi connectivity index (χ3n) is 5.09. The van der Waals surface area contributed by atoms with Gasteiger partial charge < -0.3 is 10.6 Å². The summed E-state index contributed by atoms with van der Waals surface area (Å²) in [6.45, 7) is 28.5. The number of nitrogens with zero attached hydrogens (tertiary/aromatic N) is 1. The van der Waals surface area contributed by atoms with Crippen molar-refractivity contribution in [2.75, 3.05) is 26.4 Å². The third-order valence-corrected chi connectivity index (χ3v) is 5.09. The van der Waals surface area contributed by atoms with Crippen molar-refractivity contribution >= 4 is 5.69 Å². The van der Waals surface area contributed by atoms with Gasteiger partial charge in [-0.1, -0.05) is 136 Å². The molecule has 3 aromatic rings. The monoisotopic (exact) mass is 629 g/mol. The smallest absolute Gasteiger partial charge is 0.129 e. The van der Waals surface area contributed by atoms with E-state index in [1.54, 1.807) is 6.08 Å². The van der Waals surface area contributed by atoms with Crippen LogP contribution < -0.4 is 5.73 Å². The molecule has 3 rings (SSSR count). The predicted octanol–water partition coefficient (Wildman–Crippen LogP) is 12.8. The van der Waals surface area contributed by atoms with E-state index >= 15 is 0 Å². The minimum absolute atomic E-state index is 0.456. The molecule has 0 aliphatic heterocycles. The standard InChI is InChI=1S/C9H13N.C8H8F2.C8H10.C4H11N.C4H8.C3H8.C3H6.C2H6/c1-2-3-8-4-6-9(10)7-5-8;1-2-6-3-4-7(9)5-8(6)10;1-2-8-6-4-3-5-7-8;1-4-5(2)3;1-3-4-2;2*1-3-2;1-2/h4-7H,2-3,10H2,1H3;3-5H,2H2,1H3;3-7H,2H2,1H3;4H2,1-3H3;3H,1,4H2,2H3;3H2,1-2H3;3H,1H2,2H3;1-2H3. The molecule has 0 heterocycles. The van der Waals surface area contributed by atoms with Crippen molar-refractivity contribution in [2.24, 2.45) is 0 Å². The van der Waals surface area contributed by atoms with Gasteiger partial charge >= 0.3 is 0 Å². The van der Waals surface area contributed by atoms with E-state index in [0.717, 1.165) is 37.6 Å². The average Bonchev–Trinajstić information content (AvgIpc) is 3.05. The Kier molecular flexibility index (Phi) is 48.9. The zero-order chi connectivity index (χ0) is 35.9. The molecular formula is C41H70F2N2. The molecule has 0 unspecified atom stereocenters. The van der Waals surface area contributed by atoms with Crippen molar-refractivity contribution in [3.05, 3.63) is 126 Å². The quantitative estimate of drug-likeness (QED) is 0.217. The van der Waals surface area contributed by atoms with Crippen LogP contribution in [0.4, 0.5) is 14.5 Å². The molecule has 0 saturated carbocycles. The number of rotatable bonds is 6. The summed E-state index contributed by atoms with van der Waals surface area (Å²) in [5.41, 5.74) is 9.71. The first-order valence-electron chi connectivity index (χ1n) is 16.7. The van der Waals surface area contributed by atoms with Crippen molar-refractivity contribution in [3.8, 4) is 0 Å². The maximum Gasteiger partial charge on any atom is 0.129 e. The van der Waals surface area contributed by atoms with Crippen LogP contribution in [0.15, 0.2) is 98.1 Å². The number of aryl methyl sites for hydroxylation is 3. The van der Waals surface area contributed by atoms with E-state index in [4.69, 9.17) is 5.73 Å². The van der Waals surface area contributed by atoms with Gasteiger partial charge in [0.2, 0.25) is 0 Å². The molecule has 0 bridgehead atoms. The van der Waals surface area contributed by atoms with Crippen LogP contribution in [0, 0.1) is 11.6 Å². The molecular weight excluding hydrogens is 558 g/mol. The van der Waals surface area contributed by atoms with Crippen molar-refractivity contribution < 1.29 is 8.78 Å². The number of anilines is 1. The van der Waals surface area contributed by atoms with Gasteiger partial charge in [-0.05, 0) is 88.1 Å². The number of nitrogens with two attached hydrogens (primary N) is 1. The van der Waals surface area contributed by atoms with Crippen LogP contribution >= 0.6 is 0 Å². The highest BCUT2D eigenvalue weighted by atomic mass is 19.1. The normalized spacial score (nSPS) is 8.42. The molecule has 0 aliphatic carbocycles.